The number of carbonyl (C=O) groups is 1. The minimum atomic E-state index is -0.815. The van der Waals surface area contributed by atoms with Gasteiger partial charge in [0.25, 0.3) is 0 Å². The standard InChI is InChI=1S/C15H20N2O3.ClH/c16-15(5-8-19-9-6-15)14(18)17-12-3-4-13-11(10-12)2-1-7-20-13;/h3-4,10H,1-2,5-9,16H2,(H,17,18);1H. The maximum absolute atomic E-state index is 12.3. The van der Waals surface area contributed by atoms with Gasteiger partial charge in [-0.25, -0.2) is 0 Å². The third-order valence-electron chi connectivity index (χ3n) is 4.00. The van der Waals surface area contributed by atoms with Gasteiger partial charge in [0.05, 0.1) is 6.61 Å². The van der Waals surface area contributed by atoms with Crippen molar-refractivity contribution in [3.63, 3.8) is 0 Å². The molecule has 0 atom stereocenters. The minimum Gasteiger partial charge on any atom is -0.493 e. The molecule has 2 aliphatic rings. The molecule has 0 saturated carbocycles. The summed E-state index contributed by atoms with van der Waals surface area (Å²) in [6, 6.07) is 5.76. The first kappa shape index (κ1) is 16.1. The smallest absolute Gasteiger partial charge is 0.244 e. The summed E-state index contributed by atoms with van der Waals surface area (Å²) >= 11 is 0. The van der Waals surface area contributed by atoms with Gasteiger partial charge in [-0.2, -0.15) is 0 Å². The molecule has 0 bridgehead atoms. The van der Waals surface area contributed by atoms with E-state index in [9.17, 15) is 4.79 Å². The number of fused-ring (bicyclic) bond motifs is 1. The lowest BCUT2D eigenvalue weighted by atomic mass is 9.90. The highest BCUT2D eigenvalue weighted by Crippen LogP contribution is 2.28. The van der Waals surface area contributed by atoms with Crippen molar-refractivity contribution in [2.24, 2.45) is 5.73 Å². The highest BCUT2D eigenvalue weighted by Gasteiger charge is 2.35. The van der Waals surface area contributed by atoms with Gasteiger partial charge in [-0.05, 0) is 49.4 Å². The second kappa shape index (κ2) is 6.64. The van der Waals surface area contributed by atoms with Crippen molar-refractivity contribution in [3.05, 3.63) is 23.8 Å². The molecule has 0 aliphatic carbocycles. The number of ether oxygens (including phenoxy) is 2. The lowest BCUT2D eigenvalue weighted by molar-refractivity contribution is -0.124. The number of anilines is 1. The third-order valence-corrected chi connectivity index (χ3v) is 4.00. The Morgan fingerprint density at radius 3 is 2.76 bits per heavy atom. The Kier molecular flexibility index (Phi) is 5.08. The predicted octanol–water partition coefficient (Wildman–Crippen LogP) is 1.88. The van der Waals surface area contributed by atoms with E-state index >= 15 is 0 Å². The quantitative estimate of drug-likeness (QED) is 0.874. The van der Waals surface area contributed by atoms with E-state index in [4.69, 9.17) is 15.2 Å². The maximum atomic E-state index is 12.3. The summed E-state index contributed by atoms with van der Waals surface area (Å²) < 4.78 is 10.8. The van der Waals surface area contributed by atoms with Crippen LogP contribution in [-0.4, -0.2) is 31.3 Å². The number of hydrogen-bond donors (Lipinski definition) is 2. The number of aryl methyl sites for hydroxylation is 1. The van der Waals surface area contributed by atoms with Gasteiger partial charge in [-0.15, -0.1) is 12.4 Å². The number of halogens is 1. The number of carbonyl (C=O) groups excluding carboxylic acids is 1. The second-order valence-corrected chi connectivity index (χ2v) is 5.50. The van der Waals surface area contributed by atoms with Crippen molar-refractivity contribution in [1.29, 1.82) is 0 Å². The summed E-state index contributed by atoms with van der Waals surface area (Å²) in [6.45, 7) is 1.86. The molecule has 1 saturated heterocycles. The van der Waals surface area contributed by atoms with Crippen molar-refractivity contribution >= 4 is 24.0 Å². The molecule has 1 fully saturated rings. The largest absolute Gasteiger partial charge is 0.493 e. The highest BCUT2D eigenvalue weighted by molar-refractivity contribution is 5.98. The Labute approximate surface area is 130 Å². The van der Waals surface area contributed by atoms with Gasteiger partial charge in [-0.3, -0.25) is 4.79 Å². The van der Waals surface area contributed by atoms with E-state index in [0.29, 0.717) is 26.1 Å². The van der Waals surface area contributed by atoms with E-state index in [0.717, 1.165) is 36.4 Å². The van der Waals surface area contributed by atoms with E-state index in [1.54, 1.807) is 0 Å². The van der Waals surface area contributed by atoms with Crippen LogP contribution in [0.5, 0.6) is 5.75 Å². The molecule has 3 N–H and O–H groups in total. The Morgan fingerprint density at radius 2 is 2.00 bits per heavy atom. The molecule has 21 heavy (non-hydrogen) atoms. The molecule has 6 heteroatoms. The van der Waals surface area contributed by atoms with Crippen LogP contribution >= 0.6 is 12.4 Å². The third kappa shape index (κ3) is 3.48. The van der Waals surface area contributed by atoms with Crippen LogP contribution in [0.15, 0.2) is 18.2 Å². The number of hydrogen-bond acceptors (Lipinski definition) is 4. The summed E-state index contributed by atoms with van der Waals surface area (Å²) in [5.41, 5.74) is 7.29. The van der Waals surface area contributed by atoms with Crippen LogP contribution in [0.25, 0.3) is 0 Å². The average molecular weight is 313 g/mol. The number of rotatable bonds is 2. The van der Waals surface area contributed by atoms with Crippen molar-refractivity contribution in [2.45, 2.75) is 31.2 Å². The van der Waals surface area contributed by atoms with Crippen LogP contribution in [0.4, 0.5) is 5.69 Å². The van der Waals surface area contributed by atoms with Gasteiger partial charge in [0.2, 0.25) is 5.91 Å². The molecule has 2 heterocycles. The first-order chi connectivity index (χ1) is 9.67. The summed E-state index contributed by atoms with van der Waals surface area (Å²) in [5, 5.41) is 2.93. The zero-order valence-corrected chi connectivity index (χ0v) is 12.7. The Balaban J connectivity index is 0.00000161. The van der Waals surface area contributed by atoms with Gasteiger partial charge < -0.3 is 20.5 Å². The average Bonchev–Trinajstić information content (AvgIpc) is 2.48. The van der Waals surface area contributed by atoms with E-state index in [-0.39, 0.29) is 18.3 Å². The summed E-state index contributed by atoms with van der Waals surface area (Å²) in [4.78, 5) is 12.3. The molecular weight excluding hydrogens is 292 g/mol. The van der Waals surface area contributed by atoms with E-state index < -0.39 is 5.54 Å². The molecule has 116 valence electrons. The fourth-order valence-electron chi connectivity index (χ4n) is 2.66. The topological polar surface area (TPSA) is 73.6 Å². The summed E-state index contributed by atoms with van der Waals surface area (Å²) in [6.07, 6.45) is 3.13. The highest BCUT2D eigenvalue weighted by atomic mass is 35.5. The second-order valence-electron chi connectivity index (χ2n) is 5.50. The van der Waals surface area contributed by atoms with Crippen LogP contribution in [0, 0.1) is 0 Å². The van der Waals surface area contributed by atoms with Gasteiger partial charge in [0.1, 0.15) is 11.3 Å². The lowest BCUT2D eigenvalue weighted by Gasteiger charge is -2.31. The molecule has 0 radical (unpaired) electrons. The number of benzene rings is 1. The molecule has 0 unspecified atom stereocenters. The molecule has 0 spiro atoms. The van der Waals surface area contributed by atoms with Gasteiger partial charge >= 0.3 is 0 Å². The fraction of sp³-hybridized carbons (Fsp3) is 0.533. The van der Waals surface area contributed by atoms with Crippen molar-refractivity contribution in [2.75, 3.05) is 25.1 Å². The minimum absolute atomic E-state index is 0. The van der Waals surface area contributed by atoms with Crippen molar-refractivity contribution in [1.82, 2.24) is 0 Å². The number of amides is 1. The van der Waals surface area contributed by atoms with Crippen LogP contribution in [0.2, 0.25) is 0 Å². The molecule has 1 aromatic carbocycles. The Morgan fingerprint density at radius 1 is 1.24 bits per heavy atom. The molecule has 5 nitrogen and oxygen atoms in total. The fourth-order valence-corrected chi connectivity index (χ4v) is 2.66. The molecular formula is C15H21ClN2O3. The maximum Gasteiger partial charge on any atom is 0.244 e. The van der Waals surface area contributed by atoms with Crippen molar-refractivity contribution in [3.8, 4) is 5.75 Å². The molecule has 3 rings (SSSR count). The zero-order chi connectivity index (χ0) is 14.0. The first-order valence-electron chi connectivity index (χ1n) is 7.11. The predicted molar refractivity (Wildman–Crippen MR) is 83.1 cm³/mol. The molecule has 0 aromatic heterocycles. The molecule has 1 amide bonds. The van der Waals surface area contributed by atoms with Crippen molar-refractivity contribution < 1.29 is 14.3 Å². The van der Waals surface area contributed by atoms with E-state index in [2.05, 4.69) is 5.32 Å². The van der Waals surface area contributed by atoms with Crippen LogP contribution in [0.3, 0.4) is 0 Å². The lowest BCUT2D eigenvalue weighted by Crippen LogP contribution is -2.54. The van der Waals surface area contributed by atoms with Gasteiger partial charge in [0, 0.05) is 18.9 Å². The number of nitrogens with two attached hydrogens (primary N) is 1. The van der Waals surface area contributed by atoms with E-state index in [1.807, 2.05) is 18.2 Å². The van der Waals surface area contributed by atoms with Crippen LogP contribution in [0.1, 0.15) is 24.8 Å². The van der Waals surface area contributed by atoms with Crippen LogP contribution < -0.4 is 15.8 Å². The van der Waals surface area contributed by atoms with Gasteiger partial charge in [-0.1, -0.05) is 0 Å². The molecule has 2 aliphatic heterocycles. The summed E-state index contributed by atoms with van der Waals surface area (Å²) in [7, 11) is 0. The van der Waals surface area contributed by atoms with Crippen LogP contribution in [-0.2, 0) is 16.0 Å². The molecule has 1 aromatic rings. The SMILES string of the molecule is Cl.NC1(C(=O)Nc2ccc3c(c2)CCCO3)CCOCC1. The zero-order valence-electron chi connectivity index (χ0n) is 11.9. The normalized spacial score (nSPS) is 19.7. The monoisotopic (exact) mass is 312 g/mol. The van der Waals surface area contributed by atoms with E-state index in [1.165, 1.54) is 0 Å². The number of nitrogens with one attached hydrogen (secondary N) is 1. The summed E-state index contributed by atoms with van der Waals surface area (Å²) in [5.74, 6) is 0.792. The Bertz CT molecular complexity index is 516. The van der Waals surface area contributed by atoms with Gasteiger partial charge in [0.15, 0.2) is 0 Å². The Hall–Kier alpha value is -1.30. The first-order valence-corrected chi connectivity index (χ1v) is 7.11.